The third-order valence-electron chi connectivity index (χ3n) is 4.14. The molecule has 2 unspecified atom stereocenters. The van der Waals surface area contributed by atoms with E-state index < -0.39 is 0 Å². The molecule has 1 aliphatic heterocycles. The van der Waals surface area contributed by atoms with Gasteiger partial charge in [0.25, 0.3) is 0 Å². The minimum atomic E-state index is 0.608. The molecule has 2 atom stereocenters. The van der Waals surface area contributed by atoms with Crippen molar-refractivity contribution in [1.29, 1.82) is 0 Å². The van der Waals surface area contributed by atoms with E-state index in [9.17, 15) is 0 Å². The van der Waals surface area contributed by atoms with Gasteiger partial charge in [0.05, 0.1) is 0 Å². The average Bonchev–Trinajstić information content (AvgIpc) is 2.82. The van der Waals surface area contributed by atoms with Crippen LogP contribution in [-0.2, 0) is 6.42 Å². The molecule has 0 aliphatic carbocycles. The molecule has 5 heteroatoms. The van der Waals surface area contributed by atoms with Crippen molar-refractivity contribution in [3.8, 4) is 0 Å². The van der Waals surface area contributed by atoms with Crippen LogP contribution in [0.5, 0.6) is 0 Å². The van der Waals surface area contributed by atoms with E-state index in [4.69, 9.17) is 4.52 Å². The Morgan fingerprint density at radius 3 is 2.85 bits per heavy atom. The van der Waals surface area contributed by atoms with Crippen molar-refractivity contribution < 1.29 is 4.52 Å². The van der Waals surface area contributed by atoms with E-state index in [1.165, 1.54) is 12.8 Å². The van der Waals surface area contributed by atoms with Crippen molar-refractivity contribution >= 4 is 0 Å². The first-order chi connectivity index (χ1) is 9.60. The summed E-state index contributed by atoms with van der Waals surface area (Å²) >= 11 is 0. The second-order valence-electron chi connectivity index (χ2n) is 6.18. The van der Waals surface area contributed by atoms with Gasteiger partial charge in [-0.1, -0.05) is 32.3 Å². The van der Waals surface area contributed by atoms with Crippen LogP contribution in [0.3, 0.4) is 0 Å². The van der Waals surface area contributed by atoms with Gasteiger partial charge in [0.15, 0.2) is 5.82 Å². The van der Waals surface area contributed by atoms with Gasteiger partial charge >= 0.3 is 0 Å². The van der Waals surface area contributed by atoms with Gasteiger partial charge in [-0.05, 0) is 12.3 Å². The summed E-state index contributed by atoms with van der Waals surface area (Å²) in [5, 5.41) is 7.69. The number of aryl methyl sites for hydroxylation is 1. The molecule has 1 fully saturated rings. The van der Waals surface area contributed by atoms with Crippen molar-refractivity contribution in [3.05, 3.63) is 11.7 Å². The SMILES string of the molecule is CCCC1CN(CCc2noc(C)n2)C(C(C)C)CN1. The maximum atomic E-state index is 5.05. The lowest BCUT2D eigenvalue weighted by Crippen LogP contribution is -2.58. The summed E-state index contributed by atoms with van der Waals surface area (Å²) in [6.45, 7) is 11.9. The van der Waals surface area contributed by atoms with Gasteiger partial charge in [-0.3, -0.25) is 4.90 Å². The van der Waals surface area contributed by atoms with Crippen LogP contribution in [-0.4, -0.2) is 46.8 Å². The zero-order chi connectivity index (χ0) is 14.5. The third kappa shape index (κ3) is 4.03. The number of rotatable bonds is 6. The summed E-state index contributed by atoms with van der Waals surface area (Å²) in [4.78, 5) is 6.90. The van der Waals surface area contributed by atoms with Crippen molar-refractivity contribution in [2.75, 3.05) is 19.6 Å². The molecule has 0 radical (unpaired) electrons. The molecule has 20 heavy (non-hydrogen) atoms. The highest BCUT2D eigenvalue weighted by molar-refractivity contribution is 4.91. The van der Waals surface area contributed by atoms with E-state index in [0.29, 0.717) is 23.9 Å². The van der Waals surface area contributed by atoms with Crippen LogP contribution in [0.1, 0.15) is 45.3 Å². The van der Waals surface area contributed by atoms with Gasteiger partial charge in [-0.2, -0.15) is 4.98 Å². The molecule has 0 aromatic carbocycles. The summed E-state index contributed by atoms with van der Waals surface area (Å²) in [5.74, 6) is 2.15. The van der Waals surface area contributed by atoms with Crippen LogP contribution in [0.15, 0.2) is 4.52 Å². The quantitative estimate of drug-likeness (QED) is 0.864. The highest BCUT2D eigenvalue weighted by Crippen LogP contribution is 2.17. The Bertz CT molecular complexity index is 404. The molecule has 0 saturated carbocycles. The molecular weight excluding hydrogens is 252 g/mol. The molecule has 114 valence electrons. The van der Waals surface area contributed by atoms with Gasteiger partial charge in [-0.25, -0.2) is 0 Å². The number of nitrogens with one attached hydrogen (secondary N) is 1. The topological polar surface area (TPSA) is 54.2 Å². The zero-order valence-electron chi connectivity index (χ0n) is 13.2. The van der Waals surface area contributed by atoms with E-state index in [-0.39, 0.29) is 0 Å². The minimum absolute atomic E-state index is 0.608. The first-order valence-electron chi connectivity index (χ1n) is 7.86. The van der Waals surface area contributed by atoms with Gasteiger partial charge in [0, 0.05) is 45.1 Å². The Morgan fingerprint density at radius 2 is 2.25 bits per heavy atom. The standard InChI is InChI=1S/C15H28N4O/c1-5-6-13-10-19(14(9-16-13)11(2)3)8-7-15-17-12(4)20-18-15/h11,13-14,16H,5-10H2,1-4H3. The molecule has 1 N–H and O–H groups in total. The van der Waals surface area contributed by atoms with Crippen molar-refractivity contribution in [2.45, 2.75) is 59.0 Å². The van der Waals surface area contributed by atoms with Gasteiger partial charge < -0.3 is 9.84 Å². The molecule has 2 rings (SSSR count). The highest BCUT2D eigenvalue weighted by atomic mass is 16.5. The van der Waals surface area contributed by atoms with Crippen molar-refractivity contribution in [3.63, 3.8) is 0 Å². The molecule has 0 spiro atoms. The Kier molecular flexibility index (Phi) is 5.54. The summed E-state index contributed by atoms with van der Waals surface area (Å²) in [7, 11) is 0. The monoisotopic (exact) mass is 280 g/mol. The lowest BCUT2D eigenvalue weighted by Gasteiger charge is -2.42. The second kappa shape index (κ2) is 7.18. The molecule has 1 aliphatic rings. The van der Waals surface area contributed by atoms with E-state index in [1.54, 1.807) is 0 Å². The van der Waals surface area contributed by atoms with E-state index in [2.05, 4.69) is 41.1 Å². The fourth-order valence-corrected chi connectivity index (χ4v) is 3.04. The Morgan fingerprint density at radius 1 is 1.45 bits per heavy atom. The second-order valence-corrected chi connectivity index (χ2v) is 6.18. The van der Waals surface area contributed by atoms with Crippen LogP contribution in [0, 0.1) is 12.8 Å². The molecule has 1 aromatic heterocycles. The molecule has 0 bridgehead atoms. The van der Waals surface area contributed by atoms with Crippen molar-refractivity contribution in [1.82, 2.24) is 20.4 Å². The molecule has 0 amide bonds. The van der Waals surface area contributed by atoms with E-state index in [0.717, 1.165) is 31.9 Å². The maximum Gasteiger partial charge on any atom is 0.223 e. The normalized spacial score (nSPS) is 24.4. The van der Waals surface area contributed by atoms with Crippen LogP contribution in [0.25, 0.3) is 0 Å². The largest absolute Gasteiger partial charge is 0.340 e. The Balaban J connectivity index is 1.92. The van der Waals surface area contributed by atoms with Crippen LogP contribution < -0.4 is 5.32 Å². The lowest BCUT2D eigenvalue weighted by atomic mass is 9.97. The Labute approximate surface area is 122 Å². The molecular formula is C15H28N4O. The summed E-state index contributed by atoms with van der Waals surface area (Å²) in [6, 6.07) is 1.23. The van der Waals surface area contributed by atoms with Crippen LogP contribution in [0.4, 0.5) is 0 Å². The van der Waals surface area contributed by atoms with Gasteiger partial charge in [-0.15, -0.1) is 0 Å². The molecule has 1 aromatic rings. The summed E-state index contributed by atoms with van der Waals surface area (Å²) in [5.41, 5.74) is 0. The van der Waals surface area contributed by atoms with E-state index >= 15 is 0 Å². The fourth-order valence-electron chi connectivity index (χ4n) is 3.04. The average molecular weight is 280 g/mol. The first kappa shape index (κ1) is 15.4. The highest BCUT2D eigenvalue weighted by Gasteiger charge is 2.29. The lowest BCUT2D eigenvalue weighted by molar-refractivity contribution is 0.0962. The number of hydrogen-bond donors (Lipinski definition) is 1. The first-order valence-corrected chi connectivity index (χ1v) is 7.86. The minimum Gasteiger partial charge on any atom is -0.340 e. The maximum absolute atomic E-state index is 5.05. The molecule has 1 saturated heterocycles. The number of nitrogens with zero attached hydrogens (tertiary/aromatic N) is 3. The summed E-state index contributed by atoms with van der Waals surface area (Å²) < 4.78 is 5.05. The smallest absolute Gasteiger partial charge is 0.223 e. The van der Waals surface area contributed by atoms with Crippen LogP contribution >= 0.6 is 0 Å². The molecule has 5 nitrogen and oxygen atoms in total. The fraction of sp³-hybridized carbons (Fsp3) is 0.867. The van der Waals surface area contributed by atoms with E-state index in [1.807, 2.05) is 6.92 Å². The molecule has 2 heterocycles. The van der Waals surface area contributed by atoms with Gasteiger partial charge in [0.2, 0.25) is 5.89 Å². The number of piperazine rings is 1. The number of aromatic nitrogens is 2. The predicted molar refractivity (Wildman–Crippen MR) is 79.6 cm³/mol. The van der Waals surface area contributed by atoms with Gasteiger partial charge in [0.1, 0.15) is 0 Å². The third-order valence-corrected chi connectivity index (χ3v) is 4.14. The van der Waals surface area contributed by atoms with Crippen LogP contribution in [0.2, 0.25) is 0 Å². The zero-order valence-corrected chi connectivity index (χ0v) is 13.2. The number of hydrogen-bond acceptors (Lipinski definition) is 5. The Hall–Kier alpha value is -0.940. The summed E-state index contributed by atoms with van der Waals surface area (Å²) in [6.07, 6.45) is 3.37. The van der Waals surface area contributed by atoms with Crippen molar-refractivity contribution in [2.24, 2.45) is 5.92 Å². The predicted octanol–water partition coefficient (Wildman–Crippen LogP) is 2.02.